The average Bonchev–Trinajstić information content (AvgIpc) is 2.68. The molecule has 5 nitrogen and oxygen atoms in total. The summed E-state index contributed by atoms with van der Waals surface area (Å²) in [6, 6.07) is 23.7. The van der Waals surface area contributed by atoms with E-state index < -0.39 is 0 Å². The maximum absolute atomic E-state index is 12.7. The number of para-hydroxylation sites is 2. The number of rotatable bonds is 5. The van der Waals surface area contributed by atoms with Crippen LogP contribution in [0.1, 0.15) is 20.7 Å². The Morgan fingerprint density at radius 1 is 0.731 bits per heavy atom. The molecule has 3 rings (SSSR count). The van der Waals surface area contributed by atoms with Gasteiger partial charge in [-0.3, -0.25) is 9.59 Å². The molecule has 130 valence electrons. The number of anilines is 3. The van der Waals surface area contributed by atoms with Crippen molar-refractivity contribution in [3.8, 4) is 0 Å². The van der Waals surface area contributed by atoms with Crippen LogP contribution in [0.15, 0.2) is 78.9 Å². The van der Waals surface area contributed by atoms with Gasteiger partial charge in [0.25, 0.3) is 11.8 Å². The lowest BCUT2D eigenvalue weighted by Gasteiger charge is -2.12. The van der Waals surface area contributed by atoms with Crippen LogP contribution in [0.5, 0.6) is 0 Å². The van der Waals surface area contributed by atoms with Gasteiger partial charge in [0.1, 0.15) is 0 Å². The van der Waals surface area contributed by atoms with E-state index in [1.54, 1.807) is 37.4 Å². The molecule has 0 radical (unpaired) electrons. The lowest BCUT2D eigenvalue weighted by molar-refractivity contribution is 0.0961. The van der Waals surface area contributed by atoms with E-state index in [2.05, 4.69) is 16.0 Å². The second-order valence-electron chi connectivity index (χ2n) is 5.65. The predicted molar refractivity (Wildman–Crippen MR) is 104 cm³/mol. The summed E-state index contributed by atoms with van der Waals surface area (Å²) in [7, 11) is 1.57. The number of carbonyl (C=O) groups is 2. The van der Waals surface area contributed by atoms with Crippen LogP contribution >= 0.6 is 0 Å². The van der Waals surface area contributed by atoms with Gasteiger partial charge in [-0.1, -0.05) is 36.4 Å². The molecule has 0 saturated heterocycles. The van der Waals surface area contributed by atoms with Crippen molar-refractivity contribution in [1.82, 2.24) is 5.32 Å². The number of amides is 2. The molecule has 0 aromatic heterocycles. The Morgan fingerprint density at radius 3 is 2.19 bits per heavy atom. The van der Waals surface area contributed by atoms with Gasteiger partial charge in [-0.05, 0) is 42.5 Å². The fourth-order valence-electron chi connectivity index (χ4n) is 2.55. The van der Waals surface area contributed by atoms with Gasteiger partial charge in [-0.25, -0.2) is 0 Å². The third kappa shape index (κ3) is 4.08. The minimum absolute atomic E-state index is 0.202. The maximum Gasteiger partial charge on any atom is 0.257 e. The Labute approximate surface area is 152 Å². The summed E-state index contributed by atoms with van der Waals surface area (Å²) in [6.07, 6.45) is 0. The molecule has 2 amide bonds. The van der Waals surface area contributed by atoms with Crippen molar-refractivity contribution in [2.24, 2.45) is 0 Å². The van der Waals surface area contributed by atoms with E-state index in [1.807, 2.05) is 48.5 Å². The first-order valence-corrected chi connectivity index (χ1v) is 8.22. The van der Waals surface area contributed by atoms with Crippen molar-refractivity contribution in [2.45, 2.75) is 0 Å². The highest BCUT2D eigenvalue weighted by Crippen LogP contribution is 2.22. The van der Waals surface area contributed by atoms with Crippen molar-refractivity contribution >= 4 is 28.9 Å². The van der Waals surface area contributed by atoms with Gasteiger partial charge >= 0.3 is 0 Å². The molecule has 0 fully saturated rings. The molecular formula is C21H19N3O2. The number of carbonyl (C=O) groups excluding carboxylic acids is 2. The Bertz CT molecular complexity index is 923. The summed E-state index contributed by atoms with van der Waals surface area (Å²) < 4.78 is 0. The Balaban J connectivity index is 1.81. The molecule has 0 saturated carbocycles. The summed E-state index contributed by atoms with van der Waals surface area (Å²) in [4.78, 5) is 24.5. The molecule has 0 aliphatic carbocycles. The fraction of sp³-hybridized carbons (Fsp3) is 0.0476. The van der Waals surface area contributed by atoms with Crippen LogP contribution in [0.25, 0.3) is 0 Å². The third-order valence-corrected chi connectivity index (χ3v) is 3.83. The maximum atomic E-state index is 12.7. The van der Waals surface area contributed by atoms with Gasteiger partial charge in [-0.15, -0.1) is 0 Å². The van der Waals surface area contributed by atoms with Crippen LogP contribution in [0, 0.1) is 0 Å². The SMILES string of the molecule is CNC(=O)c1cccc(NC(=O)c2ccccc2Nc2ccccc2)c1. The summed E-state index contributed by atoms with van der Waals surface area (Å²) >= 11 is 0. The van der Waals surface area contributed by atoms with E-state index in [9.17, 15) is 9.59 Å². The summed E-state index contributed by atoms with van der Waals surface area (Å²) in [6.45, 7) is 0. The van der Waals surface area contributed by atoms with Crippen LogP contribution in [0.2, 0.25) is 0 Å². The molecule has 0 bridgehead atoms. The monoisotopic (exact) mass is 345 g/mol. The van der Waals surface area contributed by atoms with Crippen LogP contribution in [0.4, 0.5) is 17.1 Å². The zero-order valence-electron chi connectivity index (χ0n) is 14.3. The first-order chi connectivity index (χ1) is 12.7. The standard InChI is InChI=1S/C21H19N3O2/c1-22-20(25)15-8-7-11-17(14-15)24-21(26)18-12-5-6-13-19(18)23-16-9-3-2-4-10-16/h2-14,23H,1H3,(H,22,25)(H,24,26). The van der Waals surface area contributed by atoms with Crippen molar-refractivity contribution in [2.75, 3.05) is 17.7 Å². The van der Waals surface area contributed by atoms with Crippen LogP contribution in [-0.2, 0) is 0 Å². The molecule has 0 unspecified atom stereocenters. The molecule has 0 aliphatic heterocycles. The van der Waals surface area contributed by atoms with E-state index in [0.29, 0.717) is 22.5 Å². The fourth-order valence-corrected chi connectivity index (χ4v) is 2.55. The molecule has 3 aromatic carbocycles. The van der Waals surface area contributed by atoms with E-state index in [1.165, 1.54) is 0 Å². The number of hydrogen-bond acceptors (Lipinski definition) is 3. The van der Waals surface area contributed by atoms with Crippen LogP contribution in [0.3, 0.4) is 0 Å². The quantitative estimate of drug-likeness (QED) is 0.653. The molecular weight excluding hydrogens is 326 g/mol. The van der Waals surface area contributed by atoms with Gasteiger partial charge in [0.2, 0.25) is 0 Å². The zero-order valence-corrected chi connectivity index (χ0v) is 14.3. The molecule has 0 atom stereocenters. The molecule has 0 aliphatic rings. The minimum Gasteiger partial charge on any atom is -0.355 e. The number of hydrogen-bond donors (Lipinski definition) is 3. The predicted octanol–water partition coefficient (Wildman–Crippen LogP) is 4.04. The van der Waals surface area contributed by atoms with Crippen molar-refractivity contribution in [3.05, 3.63) is 90.0 Å². The molecule has 3 N–H and O–H groups in total. The average molecular weight is 345 g/mol. The lowest BCUT2D eigenvalue weighted by atomic mass is 10.1. The highest BCUT2D eigenvalue weighted by molar-refractivity contribution is 6.09. The van der Waals surface area contributed by atoms with Gasteiger partial charge in [0.05, 0.1) is 11.3 Å². The van der Waals surface area contributed by atoms with E-state index in [4.69, 9.17) is 0 Å². The van der Waals surface area contributed by atoms with Gasteiger partial charge < -0.3 is 16.0 Å². The summed E-state index contributed by atoms with van der Waals surface area (Å²) in [5.41, 5.74) is 3.17. The molecule has 5 heteroatoms. The van der Waals surface area contributed by atoms with E-state index in [-0.39, 0.29) is 11.8 Å². The molecule has 26 heavy (non-hydrogen) atoms. The van der Waals surface area contributed by atoms with Crippen LogP contribution in [-0.4, -0.2) is 18.9 Å². The second-order valence-corrected chi connectivity index (χ2v) is 5.65. The largest absolute Gasteiger partial charge is 0.355 e. The first kappa shape index (κ1) is 17.2. The topological polar surface area (TPSA) is 70.2 Å². The minimum atomic E-state index is -0.252. The van der Waals surface area contributed by atoms with Gasteiger partial charge in [0, 0.05) is 24.0 Å². The summed E-state index contributed by atoms with van der Waals surface area (Å²) in [5, 5.41) is 8.67. The molecule has 3 aromatic rings. The van der Waals surface area contributed by atoms with Crippen molar-refractivity contribution in [1.29, 1.82) is 0 Å². The first-order valence-electron chi connectivity index (χ1n) is 8.22. The third-order valence-electron chi connectivity index (χ3n) is 3.83. The lowest BCUT2D eigenvalue weighted by Crippen LogP contribution is -2.18. The number of nitrogens with one attached hydrogen (secondary N) is 3. The van der Waals surface area contributed by atoms with Gasteiger partial charge in [0.15, 0.2) is 0 Å². The van der Waals surface area contributed by atoms with E-state index >= 15 is 0 Å². The molecule has 0 heterocycles. The molecule has 0 spiro atoms. The van der Waals surface area contributed by atoms with Crippen molar-refractivity contribution in [3.63, 3.8) is 0 Å². The second kappa shape index (κ2) is 7.98. The normalized spacial score (nSPS) is 10.0. The zero-order chi connectivity index (χ0) is 18.4. The summed E-state index contributed by atoms with van der Waals surface area (Å²) in [5.74, 6) is -0.453. The highest BCUT2D eigenvalue weighted by atomic mass is 16.2. The smallest absolute Gasteiger partial charge is 0.257 e. The Morgan fingerprint density at radius 2 is 1.42 bits per heavy atom. The van der Waals surface area contributed by atoms with Gasteiger partial charge in [-0.2, -0.15) is 0 Å². The van der Waals surface area contributed by atoms with E-state index in [0.717, 1.165) is 5.69 Å². The Hall–Kier alpha value is -3.60. The highest BCUT2D eigenvalue weighted by Gasteiger charge is 2.12. The van der Waals surface area contributed by atoms with Crippen LogP contribution < -0.4 is 16.0 Å². The Kier molecular flexibility index (Phi) is 5.29. The van der Waals surface area contributed by atoms with Crippen molar-refractivity contribution < 1.29 is 9.59 Å². The number of benzene rings is 3.